The molecular formula is C18H19ClN2O3. The van der Waals surface area contributed by atoms with Gasteiger partial charge in [-0.1, -0.05) is 11.6 Å². The molecule has 0 saturated carbocycles. The summed E-state index contributed by atoms with van der Waals surface area (Å²) in [4.78, 5) is 24.8. The molecule has 126 valence electrons. The highest BCUT2D eigenvalue weighted by atomic mass is 35.5. The molecule has 2 amide bonds. The van der Waals surface area contributed by atoms with Gasteiger partial charge in [-0.05, 0) is 55.5 Å². The molecule has 0 saturated heterocycles. The van der Waals surface area contributed by atoms with Crippen molar-refractivity contribution in [1.29, 1.82) is 0 Å². The standard InChI is InChI=1S/C18H19ClN2O3/c1-13(22)14-3-7-16(8-4-14)20-18(23)21(2)11-12-24-17-9-5-15(19)6-10-17/h3-10H,11-12H2,1-2H3,(H,20,23). The van der Waals surface area contributed by atoms with Crippen LogP contribution in [-0.4, -0.2) is 36.9 Å². The average molecular weight is 347 g/mol. The molecule has 0 aromatic heterocycles. The Bertz CT molecular complexity index is 699. The summed E-state index contributed by atoms with van der Waals surface area (Å²) in [5.74, 6) is 0.692. The van der Waals surface area contributed by atoms with Gasteiger partial charge in [-0.15, -0.1) is 0 Å². The molecule has 1 N–H and O–H groups in total. The summed E-state index contributed by atoms with van der Waals surface area (Å²) < 4.78 is 5.56. The molecule has 2 aromatic rings. The number of carbonyl (C=O) groups excluding carboxylic acids is 2. The van der Waals surface area contributed by atoms with Crippen molar-refractivity contribution in [3.63, 3.8) is 0 Å². The first kappa shape index (κ1) is 17.8. The molecule has 0 aliphatic carbocycles. The number of hydrogen-bond acceptors (Lipinski definition) is 3. The summed E-state index contributed by atoms with van der Waals surface area (Å²) in [6.45, 7) is 2.30. The van der Waals surface area contributed by atoms with Crippen molar-refractivity contribution >= 4 is 29.1 Å². The van der Waals surface area contributed by atoms with E-state index in [1.54, 1.807) is 55.6 Å². The number of ketones is 1. The first-order chi connectivity index (χ1) is 11.5. The van der Waals surface area contributed by atoms with E-state index in [0.29, 0.717) is 35.2 Å². The number of rotatable bonds is 6. The van der Waals surface area contributed by atoms with Crippen LogP contribution < -0.4 is 10.1 Å². The third kappa shape index (κ3) is 5.28. The molecule has 0 heterocycles. The smallest absolute Gasteiger partial charge is 0.321 e. The van der Waals surface area contributed by atoms with Crippen molar-refractivity contribution < 1.29 is 14.3 Å². The number of nitrogens with zero attached hydrogens (tertiary/aromatic N) is 1. The Kier molecular flexibility index (Phi) is 6.21. The first-order valence-electron chi connectivity index (χ1n) is 7.47. The van der Waals surface area contributed by atoms with Gasteiger partial charge in [0.1, 0.15) is 12.4 Å². The van der Waals surface area contributed by atoms with E-state index in [1.165, 1.54) is 11.8 Å². The highest BCUT2D eigenvalue weighted by Crippen LogP contribution is 2.15. The number of Topliss-reactive ketones (excluding diaryl/α,β-unsaturated/α-hetero) is 1. The van der Waals surface area contributed by atoms with E-state index in [1.807, 2.05) is 0 Å². The number of amides is 2. The Morgan fingerprint density at radius 2 is 1.71 bits per heavy atom. The van der Waals surface area contributed by atoms with E-state index in [-0.39, 0.29) is 11.8 Å². The van der Waals surface area contributed by atoms with Crippen molar-refractivity contribution in [2.45, 2.75) is 6.92 Å². The summed E-state index contributed by atoms with van der Waals surface area (Å²) >= 11 is 5.81. The summed E-state index contributed by atoms with van der Waals surface area (Å²) in [6.07, 6.45) is 0. The lowest BCUT2D eigenvalue weighted by atomic mass is 10.1. The van der Waals surface area contributed by atoms with Gasteiger partial charge in [0.15, 0.2) is 5.78 Å². The van der Waals surface area contributed by atoms with E-state index in [0.717, 1.165) is 0 Å². The van der Waals surface area contributed by atoms with Crippen molar-refractivity contribution in [2.75, 3.05) is 25.5 Å². The Hall–Kier alpha value is -2.53. The predicted molar refractivity (Wildman–Crippen MR) is 95.0 cm³/mol. The third-order valence-corrected chi connectivity index (χ3v) is 3.65. The quantitative estimate of drug-likeness (QED) is 0.801. The summed E-state index contributed by atoms with van der Waals surface area (Å²) in [5.41, 5.74) is 1.24. The Balaban J connectivity index is 1.79. The molecule has 0 unspecified atom stereocenters. The fourth-order valence-corrected chi connectivity index (χ4v) is 2.07. The molecule has 0 aliphatic rings. The molecular weight excluding hydrogens is 328 g/mol. The van der Waals surface area contributed by atoms with Crippen LogP contribution in [0.25, 0.3) is 0 Å². The normalized spacial score (nSPS) is 10.1. The van der Waals surface area contributed by atoms with E-state index in [4.69, 9.17) is 16.3 Å². The Morgan fingerprint density at radius 3 is 2.29 bits per heavy atom. The second kappa shape index (κ2) is 8.36. The van der Waals surface area contributed by atoms with Crippen LogP contribution in [-0.2, 0) is 0 Å². The minimum Gasteiger partial charge on any atom is -0.492 e. The molecule has 0 spiro atoms. The van der Waals surface area contributed by atoms with Crippen molar-refractivity contribution in [3.05, 3.63) is 59.1 Å². The fraction of sp³-hybridized carbons (Fsp3) is 0.222. The van der Waals surface area contributed by atoms with Crippen LogP contribution in [0, 0.1) is 0 Å². The lowest BCUT2D eigenvalue weighted by Crippen LogP contribution is -2.34. The van der Waals surface area contributed by atoms with Crippen LogP contribution in [0.1, 0.15) is 17.3 Å². The van der Waals surface area contributed by atoms with Gasteiger partial charge in [0.25, 0.3) is 0 Å². The minimum absolute atomic E-state index is 0.00987. The van der Waals surface area contributed by atoms with Gasteiger partial charge in [0.05, 0.1) is 6.54 Å². The number of halogens is 1. The van der Waals surface area contributed by atoms with Gasteiger partial charge in [-0.2, -0.15) is 0 Å². The lowest BCUT2D eigenvalue weighted by Gasteiger charge is -2.18. The van der Waals surface area contributed by atoms with Crippen molar-refractivity contribution in [2.24, 2.45) is 0 Å². The van der Waals surface area contributed by atoms with Crippen LogP contribution in [0.3, 0.4) is 0 Å². The topological polar surface area (TPSA) is 58.6 Å². The number of likely N-dealkylation sites (N-methyl/N-ethyl adjacent to an activating group) is 1. The highest BCUT2D eigenvalue weighted by molar-refractivity contribution is 6.30. The van der Waals surface area contributed by atoms with Crippen LogP contribution in [0.5, 0.6) is 5.75 Å². The molecule has 0 bridgehead atoms. The zero-order valence-electron chi connectivity index (χ0n) is 13.6. The van der Waals surface area contributed by atoms with Crippen LogP contribution in [0.15, 0.2) is 48.5 Å². The number of benzene rings is 2. The van der Waals surface area contributed by atoms with Gasteiger partial charge in [-0.3, -0.25) is 4.79 Å². The van der Waals surface area contributed by atoms with Gasteiger partial charge < -0.3 is 15.0 Å². The van der Waals surface area contributed by atoms with E-state index in [9.17, 15) is 9.59 Å². The second-order valence-corrected chi connectivity index (χ2v) is 5.72. The highest BCUT2D eigenvalue weighted by Gasteiger charge is 2.09. The van der Waals surface area contributed by atoms with Gasteiger partial charge >= 0.3 is 6.03 Å². The number of ether oxygens (including phenoxy) is 1. The number of carbonyl (C=O) groups is 2. The number of nitrogens with one attached hydrogen (secondary N) is 1. The van der Waals surface area contributed by atoms with Crippen LogP contribution in [0.2, 0.25) is 5.02 Å². The molecule has 6 heteroatoms. The number of hydrogen-bond donors (Lipinski definition) is 1. The molecule has 0 atom stereocenters. The molecule has 24 heavy (non-hydrogen) atoms. The average Bonchev–Trinajstić information content (AvgIpc) is 2.57. The molecule has 0 radical (unpaired) electrons. The van der Waals surface area contributed by atoms with Crippen molar-refractivity contribution in [1.82, 2.24) is 4.90 Å². The second-order valence-electron chi connectivity index (χ2n) is 5.29. The molecule has 0 aliphatic heterocycles. The summed E-state index contributed by atoms with van der Waals surface area (Å²) in [5, 5.41) is 3.41. The zero-order valence-corrected chi connectivity index (χ0v) is 14.3. The largest absolute Gasteiger partial charge is 0.492 e. The molecule has 2 aromatic carbocycles. The third-order valence-electron chi connectivity index (χ3n) is 3.40. The molecule has 5 nitrogen and oxygen atoms in total. The maximum absolute atomic E-state index is 12.1. The van der Waals surface area contributed by atoms with Gasteiger partial charge in [0, 0.05) is 23.3 Å². The first-order valence-corrected chi connectivity index (χ1v) is 7.85. The lowest BCUT2D eigenvalue weighted by molar-refractivity contribution is 0.101. The fourth-order valence-electron chi connectivity index (χ4n) is 1.94. The van der Waals surface area contributed by atoms with Crippen molar-refractivity contribution in [3.8, 4) is 5.75 Å². The molecule has 0 fully saturated rings. The van der Waals surface area contributed by atoms with Gasteiger partial charge in [0.2, 0.25) is 0 Å². The minimum atomic E-state index is -0.245. The van der Waals surface area contributed by atoms with Crippen LogP contribution in [0.4, 0.5) is 10.5 Å². The predicted octanol–water partition coefficient (Wildman–Crippen LogP) is 4.09. The maximum atomic E-state index is 12.1. The van der Waals surface area contributed by atoms with E-state index < -0.39 is 0 Å². The zero-order chi connectivity index (χ0) is 17.5. The van der Waals surface area contributed by atoms with Crippen LogP contribution >= 0.6 is 11.6 Å². The monoisotopic (exact) mass is 346 g/mol. The summed E-state index contributed by atoms with van der Waals surface area (Å²) in [6, 6.07) is 13.6. The Morgan fingerprint density at radius 1 is 1.08 bits per heavy atom. The Labute approximate surface area is 146 Å². The summed E-state index contributed by atoms with van der Waals surface area (Å²) in [7, 11) is 1.69. The molecule has 2 rings (SSSR count). The number of anilines is 1. The van der Waals surface area contributed by atoms with Gasteiger partial charge in [-0.25, -0.2) is 4.79 Å². The van der Waals surface area contributed by atoms with E-state index >= 15 is 0 Å². The van der Waals surface area contributed by atoms with E-state index in [2.05, 4.69) is 5.32 Å². The maximum Gasteiger partial charge on any atom is 0.321 e. The SMILES string of the molecule is CC(=O)c1ccc(NC(=O)N(C)CCOc2ccc(Cl)cc2)cc1. The number of urea groups is 1.